The molecule has 8 heteroatoms. The van der Waals surface area contributed by atoms with Gasteiger partial charge in [-0.3, -0.25) is 9.69 Å². The van der Waals surface area contributed by atoms with Gasteiger partial charge in [0.05, 0.1) is 24.5 Å². The minimum Gasteiger partial charge on any atom is -0.491 e. The molecule has 1 aromatic heterocycles. The van der Waals surface area contributed by atoms with Crippen LogP contribution in [0.4, 0.5) is 5.95 Å². The molecule has 2 heterocycles. The fraction of sp³-hybridized carbons (Fsp3) is 0.353. The smallest absolute Gasteiger partial charge is 0.252 e. The summed E-state index contributed by atoms with van der Waals surface area (Å²) >= 11 is 0. The van der Waals surface area contributed by atoms with E-state index in [9.17, 15) is 4.79 Å². The molecule has 0 spiro atoms. The van der Waals surface area contributed by atoms with Crippen molar-refractivity contribution in [1.82, 2.24) is 14.9 Å². The molecule has 1 aromatic carbocycles. The van der Waals surface area contributed by atoms with E-state index in [0.29, 0.717) is 23.6 Å². The van der Waals surface area contributed by atoms with Gasteiger partial charge < -0.3 is 20.9 Å². The number of anilines is 1. The average molecular weight is 343 g/mol. The van der Waals surface area contributed by atoms with E-state index < -0.39 is 5.91 Å². The Hall–Kier alpha value is -2.71. The number of carbonyl (C=O) groups excluding carboxylic acids is 1. The summed E-state index contributed by atoms with van der Waals surface area (Å²) in [4.78, 5) is 22.0. The average Bonchev–Trinajstić information content (AvgIpc) is 2.62. The Morgan fingerprint density at radius 1 is 1.28 bits per heavy atom. The highest BCUT2D eigenvalue weighted by atomic mass is 16.5. The zero-order chi connectivity index (χ0) is 17.6. The van der Waals surface area contributed by atoms with Crippen LogP contribution in [0.25, 0.3) is 11.3 Å². The number of benzene rings is 1. The highest BCUT2D eigenvalue weighted by molar-refractivity contribution is 5.96. The van der Waals surface area contributed by atoms with E-state index in [0.717, 1.165) is 38.4 Å². The standard InChI is InChI=1S/C17H21N5O3/c18-16(23)13-2-1-12(14-3-4-20-17(19)21-14)11-15(13)25-10-7-22-5-8-24-9-6-22/h1-4,11H,5-10H2,(H2,18,23)(H2,19,20,21). The first kappa shape index (κ1) is 17.1. The van der Waals surface area contributed by atoms with Crippen LogP contribution in [-0.2, 0) is 4.74 Å². The van der Waals surface area contributed by atoms with Crippen molar-refractivity contribution in [3.63, 3.8) is 0 Å². The van der Waals surface area contributed by atoms with Crippen molar-refractivity contribution in [1.29, 1.82) is 0 Å². The number of nitrogens with zero attached hydrogens (tertiary/aromatic N) is 3. The van der Waals surface area contributed by atoms with Crippen LogP contribution in [-0.4, -0.2) is 60.2 Å². The van der Waals surface area contributed by atoms with Gasteiger partial charge in [0.2, 0.25) is 5.95 Å². The lowest BCUT2D eigenvalue weighted by Gasteiger charge is -2.26. The van der Waals surface area contributed by atoms with E-state index in [2.05, 4.69) is 14.9 Å². The van der Waals surface area contributed by atoms with Gasteiger partial charge in [-0.1, -0.05) is 6.07 Å². The summed E-state index contributed by atoms with van der Waals surface area (Å²) < 4.78 is 11.2. The van der Waals surface area contributed by atoms with Gasteiger partial charge in [-0.05, 0) is 18.2 Å². The number of hydrogen-bond donors (Lipinski definition) is 2. The maximum Gasteiger partial charge on any atom is 0.252 e. The third-order valence-electron chi connectivity index (χ3n) is 3.99. The first-order valence-electron chi connectivity index (χ1n) is 8.09. The molecule has 3 rings (SSSR count). The fourth-order valence-corrected chi connectivity index (χ4v) is 2.65. The second-order valence-corrected chi connectivity index (χ2v) is 5.68. The van der Waals surface area contributed by atoms with Gasteiger partial charge in [0.15, 0.2) is 0 Å². The Balaban J connectivity index is 1.75. The first-order valence-corrected chi connectivity index (χ1v) is 8.09. The number of carbonyl (C=O) groups is 1. The third-order valence-corrected chi connectivity index (χ3v) is 3.99. The summed E-state index contributed by atoms with van der Waals surface area (Å²) in [6.45, 7) is 4.44. The molecule has 0 radical (unpaired) electrons. The SMILES string of the molecule is NC(=O)c1ccc(-c2ccnc(N)n2)cc1OCCN1CCOCC1. The molecule has 0 atom stereocenters. The largest absolute Gasteiger partial charge is 0.491 e. The Kier molecular flexibility index (Phi) is 5.42. The number of aromatic nitrogens is 2. The van der Waals surface area contributed by atoms with Crippen LogP contribution < -0.4 is 16.2 Å². The summed E-state index contributed by atoms with van der Waals surface area (Å²) in [5.41, 5.74) is 12.9. The van der Waals surface area contributed by atoms with Crippen LogP contribution in [0.1, 0.15) is 10.4 Å². The Labute approximate surface area is 145 Å². The van der Waals surface area contributed by atoms with Gasteiger partial charge in [-0.2, -0.15) is 0 Å². The lowest BCUT2D eigenvalue weighted by Crippen LogP contribution is -2.38. The molecular formula is C17H21N5O3. The number of ether oxygens (including phenoxy) is 2. The van der Waals surface area contributed by atoms with Crippen molar-refractivity contribution in [2.45, 2.75) is 0 Å². The van der Waals surface area contributed by atoms with Crippen LogP contribution >= 0.6 is 0 Å². The predicted octanol–water partition coefficient (Wildman–Crippen LogP) is 0.536. The maximum absolute atomic E-state index is 11.7. The predicted molar refractivity (Wildman–Crippen MR) is 93.2 cm³/mol. The maximum atomic E-state index is 11.7. The molecule has 132 valence electrons. The number of primary amides is 1. The molecule has 8 nitrogen and oxygen atoms in total. The summed E-state index contributed by atoms with van der Waals surface area (Å²) in [5.74, 6) is 0.0943. The molecule has 1 aliphatic rings. The van der Waals surface area contributed by atoms with Gasteiger partial charge >= 0.3 is 0 Å². The molecule has 0 aliphatic carbocycles. The highest BCUT2D eigenvalue weighted by Gasteiger charge is 2.14. The van der Waals surface area contributed by atoms with E-state index in [1.807, 2.05) is 0 Å². The third kappa shape index (κ3) is 4.43. The summed E-state index contributed by atoms with van der Waals surface area (Å²) in [6.07, 6.45) is 1.58. The normalized spacial score (nSPS) is 15.0. The first-order chi connectivity index (χ1) is 12.1. The number of nitrogen functional groups attached to an aromatic ring is 1. The molecule has 2 aromatic rings. The number of morpholine rings is 1. The highest BCUT2D eigenvalue weighted by Crippen LogP contribution is 2.26. The topological polar surface area (TPSA) is 117 Å². The quantitative estimate of drug-likeness (QED) is 0.786. The number of amides is 1. The summed E-state index contributed by atoms with van der Waals surface area (Å²) in [7, 11) is 0. The van der Waals surface area contributed by atoms with Gasteiger partial charge in [0.25, 0.3) is 5.91 Å². The monoisotopic (exact) mass is 343 g/mol. The van der Waals surface area contributed by atoms with Gasteiger partial charge in [0.1, 0.15) is 12.4 Å². The van der Waals surface area contributed by atoms with E-state index in [1.165, 1.54) is 0 Å². The van der Waals surface area contributed by atoms with Crippen molar-refractivity contribution in [2.75, 3.05) is 45.2 Å². The lowest BCUT2D eigenvalue weighted by atomic mass is 10.1. The number of nitrogens with two attached hydrogens (primary N) is 2. The Bertz CT molecular complexity index is 747. The zero-order valence-corrected chi connectivity index (χ0v) is 13.9. The number of rotatable bonds is 6. The summed E-state index contributed by atoms with van der Waals surface area (Å²) in [6, 6.07) is 6.89. The molecule has 0 saturated carbocycles. The van der Waals surface area contributed by atoms with Gasteiger partial charge in [-0.15, -0.1) is 0 Å². The molecule has 0 unspecified atom stereocenters. The summed E-state index contributed by atoms with van der Waals surface area (Å²) in [5, 5.41) is 0. The van der Waals surface area contributed by atoms with E-state index in [4.69, 9.17) is 20.9 Å². The second kappa shape index (κ2) is 7.91. The van der Waals surface area contributed by atoms with Crippen LogP contribution in [0.15, 0.2) is 30.5 Å². The van der Waals surface area contributed by atoms with Crippen LogP contribution in [0, 0.1) is 0 Å². The van der Waals surface area contributed by atoms with Crippen LogP contribution in [0.3, 0.4) is 0 Å². The van der Waals surface area contributed by atoms with Gasteiger partial charge in [0, 0.05) is 31.4 Å². The molecule has 1 saturated heterocycles. The zero-order valence-electron chi connectivity index (χ0n) is 13.9. The minimum absolute atomic E-state index is 0.186. The van der Waals surface area contributed by atoms with Crippen molar-refractivity contribution in [3.8, 4) is 17.0 Å². The van der Waals surface area contributed by atoms with Crippen molar-refractivity contribution >= 4 is 11.9 Å². The van der Waals surface area contributed by atoms with Crippen molar-refractivity contribution < 1.29 is 14.3 Å². The van der Waals surface area contributed by atoms with Crippen LogP contribution in [0.2, 0.25) is 0 Å². The second-order valence-electron chi connectivity index (χ2n) is 5.68. The molecule has 25 heavy (non-hydrogen) atoms. The van der Waals surface area contributed by atoms with E-state index >= 15 is 0 Å². The molecular weight excluding hydrogens is 322 g/mol. The minimum atomic E-state index is -0.532. The molecule has 1 fully saturated rings. The molecule has 4 N–H and O–H groups in total. The van der Waals surface area contributed by atoms with E-state index in [1.54, 1.807) is 30.5 Å². The lowest BCUT2D eigenvalue weighted by molar-refractivity contribution is 0.0322. The van der Waals surface area contributed by atoms with Crippen molar-refractivity contribution in [3.05, 3.63) is 36.0 Å². The van der Waals surface area contributed by atoms with Crippen molar-refractivity contribution in [2.24, 2.45) is 5.73 Å². The number of hydrogen-bond acceptors (Lipinski definition) is 7. The molecule has 1 aliphatic heterocycles. The van der Waals surface area contributed by atoms with E-state index in [-0.39, 0.29) is 5.95 Å². The fourth-order valence-electron chi connectivity index (χ4n) is 2.65. The van der Waals surface area contributed by atoms with Gasteiger partial charge in [-0.25, -0.2) is 9.97 Å². The Morgan fingerprint density at radius 3 is 2.80 bits per heavy atom. The Morgan fingerprint density at radius 2 is 2.08 bits per heavy atom. The van der Waals surface area contributed by atoms with Crippen LogP contribution in [0.5, 0.6) is 5.75 Å². The molecule has 0 bridgehead atoms. The molecule has 1 amide bonds.